The van der Waals surface area contributed by atoms with E-state index in [1.54, 1.807) is 12.1 Å². The van der Waals surface area contributed by atoms with Gasteiger partial charge >= 0.3 is 0 Å². The molecule has 0 saturated heterocycles. The van der Waals surface area contributed by atoms with Gasteiger partial charge in [-0.2, -0.15) is 0 Å². The van der Waals surface area contributed by atoms with E-state index >= 15 is 0 Å². The Hall–Kier alpha value is -1.50. The smallest absolute Gasteiger partial charge is 0.278 e. The largest absolute Gasteiger partial charge is 0.391 e. The van der Waals surface area contributed by atoms with E-state index in [9.17, 15) is 10.1 Å². The summed E-state index contributed by atoms with van der Waals surface area (Å²) in [4.78, 5) is 10.7. The van der Waals surface area contributed by atoms with E-state index in [1.807, 2.05) is 20.0 Å². The van der Waals surface area contributed by atoms with Crippen molar-refractivity contribution in [2.75, 3.05) is 33.4 Å². The maximum Gasteiger partial charge on any atom is 0.278 e. The van der Waals surface area contributed by atoms with Crippen LogP contribution in [-0.4, -0.2) is 53.0 Å². The van der Waals surface area contributed by atoms with Crippen molar-refractivity contribution in [3.63, 3.8) is 0 Å². The molecule has 0 bridgehead atoms. The van der Waals surface area contributed by atoms with Gasteiger partial charge in [0.2, 0.25) is 0 Å². The molecule has 1 rings (SSSR count). The molecule has 1 aromatic rings. The Balaban J connectivity index is 3.05. The molecule has 106 valence electrons. The third-order valence-corrected chi connectivity index (χ3v) is 3.27. The summed E-state index contributed by atoms with van der Waals surface area (Å²) < 4.78 is 0.372. The molecule has 6 nitrogen and oxygen atoms in total. The summed E-state index contributed by atoms with van der Waals surface area (Å²) in [7, 11) is 1.87. The number of hydrogen-bond acceptors (Lipinski definition) is 4. The molecule has 0 heterocycles. The van der Waals surface area contributed by atoms with Crippen molar-refractivity contribution in [1.29, 1.82) is 0 Å². The lowest BCUT2D eigenvalue weighted by atomic mass is 10.1. The quantitative estimate of drug-likeness (QED) is 0.436. The van der Waals surface area contributed by atoms with E-state index in [0.29, 0.717) is 29.7 Å². The van der Waals surface area contributed by atoms with Crippen molar-refractivity contribution in [3.8, 4) is 0 Å². The first kappa shape index (κ1) is 15.6. The summed E-state index contributed by atoms with van der Waals surface area (Å²) in [5.41, 5.74) is 1.56. The van der Waals surface area contributed by atoms with Gasteiger partial charge in [0.25, 0.3) is 5.69 Å². The van der Waals surface area contributed by atoms with E-state index in [-0.39, 0.29) is 23.8 Å². The Morgan fingerprint density at radius 2 is 1.84 bits per heavy atom. The average Bonchev–Trinajstić information content (AvgIpc) is 2.31. The van der Waals surface area contributed by atoms with Crippen molar-refractivity contribution >= 4 is 5.69 Å². The van der Waals surface area contributed by atoms with Gasteiger partial charge in [0.1, 0.15) is 19.6 Å². The monoisotopic (exact) mass is 269 g/mol. The van der Waals surface area contributed by atoms with Crippen LogP contribution in [0.25, 0.3) is 0 Å². The first-order valence-electron chi connectivity index (χ1n) is 6.21. The van der Waals surface area contributed by atoms with Crippen LogP contribution in [0.15, 0.2) is 18.2 Å². The van der Waals surface area contributed by atoms with Gasteiger partial charge in [0.05, 0.1) is 30.7 Å². The lowest BCUT2D eigenvalue weighted by molar-refractivity contribution is -0.923. The van der Waals surface area contributed by atoms with E-state index in [1.165, 1.54) is 0 Å². The minimum absolute atomic E-state index is 0.0177. The first-order chi connectivity index (χ1) is 8.91. The fourth-order valence-electron chi connectivity index (χ4n) is 2.14. The van der Waals surface area contributed by atoms with Gasteiger partial charge in [-0.1, -0.05) is 6.07 Å². The molecule has 0 radical (unpaired) electrons. The Kier molecular flexibility index (Phi) is 5.41. The van der Waals surface area contributed by atoms with Crippen LogP contribution < -0.4 is 0 Å². The number of benzene rings is 1. The molecule has 0 atom stereocenters. The molecule has 1 aromatic carbocycles. The number of nitro groups is 1. The number of nitro benzene ring substituents is 1. The summed E-state index contributed by atoms with van der Waals surface area (Å²) in [6, 6.07) is 5.14. The van der Waals surface area contributed by atoms with Gasteiger partial charge in [0.15, 0.2) is 0 Å². The van der Waals surface area contributed by atoms with E-state index in [2.05, 4.69) is 0 Å². The molecule has 6 heteroatoms. The fourth-order valence-corrected chi connectivity index (χ4v) is 2.14. The predicted molar refractivity (Wildman–Crippen MR) is 71.6 cm³/mol. The lowest BCUT2D eigenvalue weighted by Crippen LogP contribution is -2.47. The van der Waals surface area contributed by atoms with E-state index in [0.717, 1.165) is 5.56 Å². The number of aliphatic hydroxyl groups is 2. The Morgan fingerprint density at radius 1 is 1.26 bits per heavy atom. The van der Waals surface area contributed by atoms with Gasteiger partial charge in [-0.3, -0.25) is 10.1 Å². The minimum Gasteiger partial charge on any atom is -0.391 e. The zero-order valence-electron chi connectivity index (χ0n) is 11.4. The van der Waals surface area contributed by atoms with Crippen LogP contribution in [0, 0.1) is 17.0 Å². The summed E-state index contributed by atoms with van der Waals surface area (Å²) >= 11 is 0. The molecule has 2 N–H and O–H groups in total. The average molecular weight is 269 g/mol. The Bertz CT molecular complexity index is 442. The number of aryl methyl sites for hydroxylation is 1. The summed E-state index contributed by atoms with van der Waals surface area (Å²) in [5, 5.41) is 29.3. The topological polar surface area (TPSA) is 83.6 Å². The molecule has 0 saturated carbocycles. The maximum absolute atomic E-state index is 11.1. The summed E-state index contributed by atoms with van der Waals surface area (Å²) in [6.07, 6.45) is 0. The second-order valence-corrected chi connectivity index (χ2v) is 5.06. The zero-order valence-corrected chi connectivity index (χ0v) is 11.4. The van der Waals surface area contributed by atoms with Crippen molar-refractivity contribution in [3.05, 3.63) is 39.4 Å². The molecule has 0 aliphatic heterocycles. The molecular weight excluding hydrogens is 248 g/mol. The number of nitrogens with zero attached hydrogens (tertiary/aromatic N) is 2. The van der Waals surface area contributed by atoms with Crippen LogP contribution in [0.2, 0.25) is 0 Å². The van der Waals surface area contributed by atoms with Crippen molar-refractivity contribution in [2.45, 2.75) is 13.5 Å². The van der Waals surface area contributed by atoms with Crippen LogP contribution in [0.4, 0.5) is 5.69 Å². The normalized spacial score (nSPS) is 11.6. The first-order valence-corrected chi connectivity index (χ1v) is 6.21. The highest BCUT2D eigenvalue weighted by atomic mass is 16.6. The molecule has 19 heavy (non-hydrogen) atoms. The summed E-state index contributed by atoms with van der Waals surface area (Å²) in [6.45, 7) is 3.09. The number of rotatable bonds is 7. The van der Waals surface area contributed by atoms with Crippen LogP contribution in [0.1, 0.15) is 11.1 Å². The van der Waals surface area contributed by atoms with Gasteiger partial charge < -0.3 is 14.7 Å². The van der Waals surface area contributed by atoms with Crippen molar-refractivity contribution < 1.29 is 19.6 Å². The minimum atomic E-state index is -0.384. The maximum atomic E-state index is 11.1. The van der Waals surface area contributed by atoms with E-state index in [4.69, 9.17) is 10.2 Å². The number of quaternary nitrogens is 1. The summed E-state index contributed by atoms with van der Waals surface area (Å²) in [5.74, 6) is 0. The van der Waals surface area contributed by atoms with Crippen molar-refractivity contribution in [2.24, 2.45) is 0 Å². The predicted octanol–water partition coefficient (Wildman–Crippen LogP) is 0.834. The highest BCUT2D eigenvalue weighted by Gasteiger charge is 2.25. The molecule has 0 aromatic heterocycles. The highest BCUT2D eigenvalue weighted by Crippen LogP contribution is 2.23. The molecule has 0 spiro atoms. The standard InChI is InChI=1S/C13H21N2O4/c1-11-3-4-12(13(9-11)14(18)19)10-15(2,5-7-16)6-8-17/h3-4,9,16-17H,5-8,10H2,1-2H3/q+1. The molecule has 0 unspecified atom stereocenters. The molecule has 0 aliphatic rings. The van der Waals surface area contributed by atoms with Gasteiger partial charge in [-0.25, -0.2) is 0 Å². The third-order valence-electron chi connectivity index (χ3n) is 3.27. The number of likely N-dealkylation sites (N-methyl/N-ethyl adjacent to an activating group) is 1. The Morgan fingerprint density at radius 3 is 2.32 bits per heavy atom. The SMILES string of the molecule is Cc1ccc(C[N+](C)(CCO)CCO)c([N+](=O)[O-])c1. The second-order valence-electron chi connectivity index (χ2n) is 5.06. The zero-order chi connectivity index (χ0) is 14.5. The van der Waals surface area contributed by atoms with E-state index < -0.39 is 0 Å². The number of hydrogen-bond donors (Lipinski definition) is 2. The van der Waals surface area contributed by atoms with Crippen LogP contribution in [-0.2, 0) is 6.54 Å². The fraction of sp³-hybridized carbons (Fsp3) is 0.538. The molecule has 0 aliphatic carbocycles. The van der Waals surface area contributed by atoms with Crippen molar-refractivity contribution in [1.82, 2.24) is 0 Å². The van der Waals surface area contributed by atoms with Crippen LogP contribution in [0.3, 0.4) is 0 Å². The van der Waals surface area contributed by atoms with Gasteiger partial charge in [0, 0.05) is 6.07 Å². The van der Waals surface area contributed by atoms with Gasteiger partial charge in [-0.05, 0) is 18.6 Å². The lowest BCUT2D eigenvalue weighted by Gasteiger charge is -2.33. The number of aliphatic hydroxyl groups excluding tert-OH is 2. The third kappa shape index (κ3) is 4.27. The molecule has 0 amide bonds. The highest BCUT2D eigenvalue weighted by molar-refractivity contribution is 5.42. The molecular formula is C13H21N2O4+. The second kappa shape index (κ2) is 6.60. The molecule has 0 fully saturated rings. The van der Waals surface area contributed by atoms with Crippen LogP contribution >= 0.6 is 0 Å². The van der Waals surface area contributed by atoms with Gasteiger partial charge in [-0.15, -0.1) is 0 Å². The Labute approximate surface area is 112 Å². The van der Waals surface area contributed by atoms with Crippen LogP contribution in [0.5, 0.6) is 0 Å².